The Labute approximate surface area is 229 Å². The van der Waals surface area contributed by atoms with Crippen molar-refractivity contribution in [3.05, 3.63) is 65.7 Å². The number of amides is 3. The minimum absolute atomic E-state index is 0.0558. The summed E-state index contributed by atoms with van der Waals surface area (Å²) in [6, 6.07) is 11.0. The second-order valence-corrected chi connectivity index (χ2v) is 10.2. The van der Waals surface area contributed by atoms with Crippen LogP contribution in [0, 0.1) is 11.8 Å². The van der Waals surface area contributed by atoms with Crippen molar-refractivity contribution in [2.75, 3.05) is 0 Å². The van der Waals surface area contributed by atoms with Crippen molar-refractivity contribution < 1.29 is 29.4 Å². The molecule has 0 saturated heterocycles. The summed E-state index contributed by atoms with van der Waals surface area (Å²) in [6.45, 7) is 7.10. The molecule has 2 aromatic rings. The van der Waals surface area contributed by atoms with E-state index in [1.165, 1.54) is 12.1 Å². The Morgan fingerprint density at radius 2 is 1.26 bits per heavy atom. The standard InChI is InChI=1S/C29H40N4O6/c1-5-18(4)24(30)28(37)32-22(16-20-11-13-21(34)14-12-20)26(35)31-23(15-19-9-7-6-8-10-19)27(36)33-25(17(2)3)29(38)39/h6-14,17-18,22-25,34H,5,15-16,30H2,1-4H3,(H,31,35)(H,32,37)(H,33,36)(H,38,39). The van der Waals surface area contributed by atoms with Crippen molar-refractivity contribution in [2.45, 2.75) is 71.1 Å². The molecule has 5 atom stereocenters. The fourth-order valence-corrected chi connectivity index (χ4v) is 3.96. The molecule has 0 aliphatic carbocycles. The number of hydrogen-bond donors (Lipinski definition) is 6. The zero-order chi connectivity index (χ0) is 29.1. The van der Waals surface area contributed by atoms with E-state index in [2.05, 4.69) is 16.0 Å². The van der Waals surface area contributed by atoms with Crippen molar-refractivity contribution in [3.63, 3.8) is 0 Å². The lowest BCUT2D eigenvalue weighted by atomic mass is 9.98. The lowest BCUT2D eigenvalue weighted by Crippen LogP contribution is -2.59. The number of carbonyl (C=O) groups excluding carboxylic acids is 3. The molecule has 0 heterocycles. The van der Waals surface area contributed by atoms with Gasteiger partial charge in [-0.25, -0.2) is 4.79 Å². The van der Waals surface area contributed by atoms with Gasteiger partial charge in [-0.1, -0.05) is 76.6 Å². The smallest absolute Gasteiger partial charge is 0.326 e. The minimum Gasteiger partial charge on any atom is -0.508 e. The molecule has 7 N–H and O–H groups in total. The van der Waals surface area contributed by atoms with Crippen LogP contribution in [0.4, 0.5) is 0 Å². The highest BCUT2D eigenvalue weighted by atomic mass is 16.4. The Morgan fingerprint density at radius 3 is 1.74 bits per heavy atom. The Balaban J connectivity index is 2.33. The molecule has 10 nitrogen and oxygen atoms in total. The van der Waals surface area contributed by atoms with E-state index in [0.717, 1.165) is 5.56 Å². The van der Waals surface area contributed by atoms with Crippen LogP contribution in [0.5, 0.6) is 5.75 Å². The molecule has 0 aliphatic heterocycles. The van der Waals surface area contributed by atoms with Crippen LogP contribution >= 0.6 is 0 Å². The second kappa shape index (κ2) is 14.9. The van der Waals surface area contributed by atoms with Gasteiger partial charge in [0.1, 0.15) is 23.9 Å². The van der Waals surface area contributed by atoms with E-state index in [9.17, 15) is 29.4 Å². The third-order valence-corrected chi connectivity index (χ3v) is 6.72. The summed E-state index contributed by atoms with van der Waals surface area (Å²) in [6.07, 6.45) is 0.854. The van der Waals surface area contributed by atoms with Gasteiger partial charge in [-0.3, -0.25) is 14.4 Å². The monoisotopic (exact) mass is 540 g/mol. The highest BCUT2D eigenvalue weighted by Crippen LogP contribution is 2.13. The van der Waals surface area contributed by atoms with Crippen molar-refractivity contribution in [1.82, 2.24) is 16.0 Å². The minimum atomic E-state index is -1.18. The Kier molecular flexibility index (Phi) is 11.9. The number of hydrogen-bond acceptors (Lipinski definition) is 6. The van der Waals surface area contributed by atoms with Gasteiger partial charge in [0.25, 0.3) is 0 Å². The molecule has 0 bridgehead atoms. The number of rotatable bonds is 14. The number of benzene rings is 2. The maximum absolute atomic E-state index is 13.6. The molecule has 2 aromatic carbocycles. The van der Waals surface area contributed by atoms with Crippen LogP contribution in [0.1, 0.15) is 45.2 Å². The number of nitrogens with one attached hydrogen (secondary N) is 3. The van der Waals surface area contributed by atoms with E-state index in [0.29, 0.717) is 12.0 Å². The number of phenolic OH excluding ortho intramolecular Hbond substituents is 1. The van der Waals surface area contributed by atoms with E-state index in [4.69, 9.17) is 5.73 Å². The van der Waals surface area contributed by atoms with Gasteiger partial charge in [0, 0.05) is 12.8 Å². The van der Waals surface area contributed by atoms with Crippen LogP contribution in [-0.2, 0) is 32.0 Å². The third kappa shape index (κ3) is 9.72. The van der Waals surface area contributed by atoms with Crippen LogP contribution in [0.3, 0.4) is 0 Å². The van der Waals surface area contributed by atoms with Gasteiger partial charge in [-0.05, 0) is 35.1 Å². The summed E-state index contributed by atoms with van der Waals surface area (Å²) in [4.78, 5) is 51.4. The highest BCUT2D eigenvalue weighted by molar-refractivity contribution is 5.94. The maximum atomic E-state index is 13.6. The Hall–Kier alpha value is -3.92. The summed E-state index contributed by atoms with van der Waals surface area (Å²) in [7, 11) is 0. The van der Waals surface area contributed by atoms with E-state index in [-0.39, 0.29) is 30.4 Å². The van der Waals surface area contributed by atoms with Gasteiger partial charge in [-0.15, -0.1) is 0 Å². The molecule has 39 heavy (non-hydrogen) atoms. The summed E-state index contributed by atoms with van der Waals surface area (Å²) in [5.74, 6) is -3.41. The average molecular weight is 541 g/mol. The van der Waals surface area contributed by atoms with Crippen molar-refractivity contribution in [3.8, 4) is 5.75 Å². The lowest BCUT2D eigenvalue weighted by Gasteiger charge is -2.27. The van der Waals surface area contributed by atoms with E-state index < -0.39 is 47.9 Å². The van der Waals surface area contributed by atoms with E-state index in [1.54, 1.807) is 50.2 Å². The predicted molar refractivity (Wildman–Crippen MR) is 148 cm³/mol. The van der Waals surface area contributed by atoms with E-state index in [1.807, 2.05) is 19.9 Å². The number of aliphatic carboxylic acids is 1. The van der Waals surface area contributed by atoms with Gasteiger partial charge < -0.3 is 31.9 Å². The Bertz CT molecular complexity index is 1110. The van der Waals surface area contributed by atoms with Gasteiger partial charge in [0.15, 0.2) is 0 Å². The first kappa shape index (κ1) is 31.3. The summed E-state index contributed by atoms with van der Waals surface area (Å²) >= 11 is 0. The first-order chi connectivity index (χ1) is 18.4. The number of carboxylic acids is 1. The molecule has 10 heteroatoms. The zero-order valence-electron chi connectivity index (χ0n) is 22.9. The largest absolute Gasteiger partial charge is 0.508 e. The van der Waals surface area contributed by atoms with Crippen LogP contribution in [-0.4, -0.2) is 58.1 Å². The molecule has 3 amide bonds. The number of aromatic hydroxyl groups is 1. The normalized spacial score (nSPS) is 14.9. The molecular weight excluding hydrogens is 500 g/mol. The van der Waals surface area contributed by atoms with Gasteiger partial charge in [0.2, 0.25) is 17.7 Å². The number of phenols is 1. The first-order valence-electron chi connectivity index (χ1n) is 13.1. The van der Waals surface area contributed by atoms with Crippen LogP contribution < -0.4 is 21.7 Å². The number of carbonyl (C=O) groups is 4. The zero-order valence-corrected chi connectivity index (χ0v) is 22.9. The van der Waals surface area contributed by atoms with Crippen molar-refractivity contribution in [1.29, 1.82) is 0 Å². The Morgan fingerprint density at radius 1 is 0.769 bits per heavy atom. The van der Waals surface area contributed by atoms with Crippen molar-refractivity contribution in [2.24, 2.45) is 17.6 Å². The topological polar surface area (TPSA) is 171 Å². The maximum Gasteiger partial charge on any atom is 0.326 e. The SMILES string of the molecule is CCC(C)C(N)C(=O)NC(Cc1ccc(O)cc1)C(=O)NC(Cc1ccccc1)C(=O)NC(C(=O)O)C(C)C. The predicted octanol–water partition coefficient (Wildman–Crippen LogP) is 1.75. The summed E-state index contributed by atoms with van der Waals surface area (Å²) in [5, 5.41) is 27.1. The summed E-state index contributed by atoms with van der Waals surface area (Å²) in [5.41, 5.74) is 7.52. The number of nitrogens with two attached hydrogens (primary N) is 1. The van der Waals surface area contributed by atoms with Crippen molar-refractivity contribution >= 4 is 23.7 Å². The van der Waals surface area contributed by atoms with Gasteiger partial charge >= 0.3 is 5.97 Å². The van der Waals surface area contributed by atoms with E-state index >= 15 is 0 Å². The molecule has 5 unspecified atom stereocenters. The summed E-state index contributed by atoms with van der Waals surface area (Å²) < 4.78 is 0. The lowest BCUT2D eigenvalue weighted by molar-refractivity contribution is -0.143. The molecule has 0 aromatic heterocycles. The molecule has 212 valence electrons. The fourth-order valence-electron chi connectivity index (χ4n) is 3.96. The van der Waals surface area contributed by atoms with Crippen LogP contribution in [0.2, 0.25) is 0 Å². The van der Waals surface area contributed by atoms with Crippen LogP contribution in [0.25, 0.3) is 0 Å². The quantitative estimate of drug-likeness (QED) is 0.212. The van der Waals surface area contributed by atoms with Gasteiger partial charge in [-0.2, -0.15) is 0 Å². The molecule has 2 rings (SSSR count). The van der Waals surface area contributed by atoms with Gasteiger partial charge in [0.05, 0.1) is 6.04 Å². The average Bonchev–Trinajstić information content (AvgIpc) is 2.91. The first-order valence-corrected chi connectivity index (χ1v) is 13.1. The molecule has 0 saturated carbocycles. The fraction of sp³-hybridized carbons (Fsp3) is 0.448. The molecule has 0 aliphatic rings. The molecule has 0 spiro atoms. The van der Waals surface area contributed by atoms with Crippen LogP contribution in [0.15, 0.2) is 54.6 Å². The molecular formula is C29H40N4O6. The number of carboxylic acid groups (broad SMARTS) is 1. The highest BCUT2D eigenvalue weighted by Gasteiger charge is 2.32. The third-order valence-electron chi connectivity index (χ3n) is 6.72. The second-order valence-electron chi connectivity index (χ2n) is 10.2. The molecule has 0 fully saturated rings. The molecule has 0 radical (unpaired) electrons.